The van der Waals surface area contributed by atoms with E-state index >= 15 is 0 Å². The lowest BCUT2D eigenvalue weighted by molar-refractivity contribution is 0.287. The summed E-state index contributed by atoms with van der Waals surface area (Å²) < 4.78 is 13.0. The summed E-state index contributed by atoms with van der Waals surface area (Å²) >= 11 is 0. The van der Waals surface area contributed by atoms with Crippen molar-refractivity contribution in [2.24, 2.45) is 7.05 Å². The SMILES string of the molecule is CNCc1cc(OC)ccc1OCc1nccn1C. The molecule has 2 rings (SSSR count). The second kappa shape index (κ2) is 6.24. The highest BCUT2D eigenvalue weighted by molar-refractivity contribution is 5.40. The van der Waals surface area contributed by atoms with Crippen molar-refractivity contribution >= 4 is 0 Å². The molecule has 5 heteroatoms. The molecule has 0 aliphatic rings. The molecule has 1 N–H and O–H groups in total. The molecule has 102 valence electrons. The van der Waals surface area contributed by atoms with Gasteiger partial charge in [0, 0.05) is 31.5 Å². The minimum atomic E-state index is 0.451. The van der Waals surface area contributed by atoms with Crippen molar-refractivity contribution < 1.29 is 9.47 Å². The van der Waals surface area contributed by atoms with Crippen molar-refractivity contribution in [2.75, 3.05) is 14.2 Å². The zero-order chi connectivity index (χ0) is 13.7. The molecule has 0 aliphatic carbocycles. The Hall–Kier alpha value is -2.01. The van der Waals surface area contributed by atoms with Crippen LogP contribution in [0.25, 0.3) is 0 Å². The smallest absolute Gasteiger partial charge is 0.146 e. The molecule has 0 saturated heterocycles. The molecule has 0 amide bonds. The van der Waals surface area contributed by atoms with Crippen LogP contribution in [0.4, 0.5) is 0 Å². The number of imidazole rings is 1. The van der Waals surface area contributed by atoms with Gasteiger partial charge < -0.3 is 19.4 Å². The molecule has 1 aromatic heterocycles. The first-order chi connectivity index (χ1) is 9.24. The van der Waals surface area contributed by atoms with Gasteiger partial charge in [-0.2, -0.15) is 0 Å². The standard InChI is InChI=1S/C14H19N3O2/c1-15-9-11-8-12(18-3)4-5-13(11)19-10-14-16-6-7-17(14)2/h4-8,15H,9-10H2,1-3H3. The van der Waals surface area contributed by atoms with Crippen LogP contribution in [0.15, 0.2) is 30.6 Å². The monoisotopic (exact) mass is 261 g/mol. The number of ether oxygens (including phenoxy) is 2. The van der Waals surface area contributed by atoms with Gasteiger partial charge in [0.1, 0.15) is 23.9 Å². The zero-order valence-corrected chi connectivity index (χ0v) is 11.5. The lowest BCUT2D eigenvalue weighted by atomic mass is 10.2. The highest BCUT2D eigenvalue weighted by atomic mass is 16.5. The van der Waals surface area contributed by atoms with Crippen LogP contribution in [0.5, 0.6) is 11.5 Å². The molecule has 0 saturated carbocycles. The highest BCUT2D eigenvalue weighted by Crippen LogP contribution is 2.24. The fourth-order valence-electron chi connectivity index (χ4n) is 1.83. The number of rotatable bonds is 6. The molecule has 5 nitrogen and oxygen atoms in total. The Kier molecular flexibility index (Phi) is 4.41. The maximum Gasteiger partial charge on any atom is 0.146 e. The predicted octanol–water partition coefficient (Wildman–Crippen LogP) is 1.73. The molecule has 0 atom stereocenters. The minimum absolute atomic E-state index is 0.451. The van der Waals surface area contributed by atoms with E-state index in [2.05, 4.69) is 10.3 Å². The quantitative estimate of drug-likeness (QED) is 0.860. The van der Waals surface area contributed by atoms with Crippen molar-refractivity contribution in [3.63, 3.8) is 0 Å². The van der Waals surface area contributed by atoms with Gasteiger partial charge in [0.05, 0.1) is 7.11 Å². The summed E-state index contributed by atoms with van der Waals surface area (Å²) in [5.41, 5.74) is 1.07. The molecule has 19 heavy (non-hydrogen) atoms. The number of methoxy groups -OCH3 is 1. The maximum atomic E-state index is 5.84. The summed E-state index contributed by atoms with van der Waals surface area (Å²) in [6.45, 7) is 1.18. The Labute approximate surface area is 113 Å². The summed E-state index contributed by atoms with van der Waals surface area (Å²) in [6.07, 6.45) is 3.67. The summed E-state index contributed by atoms with van der Waals surface area (Å²) in [5, 5.41) is 3.12. The Balaban J connectivity index is 2.12. The van der Waals surface area contributed by atoms with Crippen LogP contribution >= 0.6 is 0 Å². The Bertz CT molecular complexity index is 537. The highest BCUT2D eigenvalue weighted by Gasteiger charge is 2.07. The molecule has 0 bridgehead atoms. The van der Waals surface area contributed by atoms with Crippen molar-refractivity contribution in [1.29, 1.82) is 0 Å². The van der Waals surface area contributed by atoms with E-state index in [4.69, 9.17) is 9.47 Å². The molecule has 0 spiro atoms. The summed E-state index contributed by atoms with van der Waals surface area (Å²) in [4.78, 5) is 4.24. The maximum absolute atomic E-state index is 5.84. The van der Waals surface area contributed by atoms with E-state index in [-0.39, 0.29) is 0 Å². The van der Waals surface area contributed by atoms with Gasteiger partial charge in [-0.05, 0) is 25.2 Å². The largest absolute Gasteiger partial charge is 0.497 e. The summed E-state index contributed by atoms with van der Waals surface area (Å²) in [5.74, 6) is 2.57. The fraction of sp³-hybridized carbons (Fsp3) is 0.357. The molecular weight excluding hydrogens is 242 g/mol. The average Bonchev–Trinajstić information content (AvgIpc) is 2.83. The Morgan fingerprint density at radius 1 is 1.37 bits per heavy atom. The Morgan fingerprint density at radius 2 is 2.21 bits per heavy atom. The molecular formula is C14H19N3O2. The lowest BCUT2D eigenvalue weighted by Gasteiger charge is -2.12. The van der Waals surface area contributed by atoms with Gasteiger partial charge in [-0.3, -0.25) is 0 Å². The zero-order valence-electron chi connectivity index (χ0n) is 11.5. The van der Waals surface area contributed by atoms with E-state index < -0.39 is 0 Å². The molecule has 2 aromatic rings. The first-order valence-electron chi connectivity index (χ1n) is 6.15. The molecule has 0 aliphatic heterocycles. The summed E-state index contributed by atoms with van der Waals surface area (Å²) in [6, 6.07) is 5.80. The van der Waals surface area contributed by atoms with E-state index in [0.29, 0.717) is 6.61 Å². The average molecular weight is 261 g/mol. The number of aryl methyl sites for hydroxylation is 1. The molecule has 1 aromatic carbocycles. The van der Waals surface area contributed by atoms with Crippen LogP contribution in [0, 0.1) is 0 Å². The van der Waals surface area contributed by atoms with Gasteiger partial charge in [-0.1, -0.05) is 0 Å². The third-order valence-electron chi connectivity index (χ3n) is 2.91. The number of benzene rings is 1. The first-order valence-corrected chi connectivity index (χ1v) is 6.15. The lowest BCUT2D eigenvalue weighted by Crippen LogP contribution is -2.09. The normalized spacial score (nSPS) is 10.5. The first kappa shape index (κ1) is 13.4. The van der Waals surface area contributed by atoms with Crippen LogP contribution in [0.1, 0.15) is 11.4 Å². The molecule has 1 heterocycles. The number of nitrogens with one attached hydrogen (secondary N) is 1. The van der Waals surface area contributed by atoms with Crippen molar-refractivity contribution in [1.82, 2.24) is 14.9 Å². The fourth-order valence-corrected chi connectivity index (χ4v) is 1.83. The molecule has 0 fully saturated rings. The van der Waals surface area contributed by atoms with Crippen LogP contribution in [-0.4, -0.2) is 23.7 Å². The number of nitrogens with zero attached hydrogens (tertiary/aromatic N) is 2. The predicted molar refractivity (Wildman–Crippen MR) is 73.3 cm³/mol. The second-order valence-electron chi connectivity index (χ2n) is 4.25. The van der Waals surface area contributed by atoms with Crippen LogP contribution in [-0.2, 0) is 20.2 Å². The van der Waals surface area contributed by atoms with E-state index in [1.165, 1.54) is 0 Å². The third kappa shape index (κ3) is 3.26. The third-order valence-corrected chi connectivity index (χ3v) is 2.91. The topological polar surface area (TPSA) is 48.3 Å². The molecule has 0 radical (unpaired) electrons. The van der Waals surface area contributed by atoms with Crippen LogP contribution < -0.4 is 14.8 Å². The van der Waals surface area contributed by atoms with Gasteiger partial charge >= 0.3 is 0 Å². The second-order valence-corrected chi connectivity index (χ2v) is 4.25. The van der Waals surface area contributed by atoms with Crippen LogP contribution in [0.3, 0.4) is 0 Å². The minimum Gasteiger partial charge on any atom is -0.497 e. The van der Waals surface area contributed by atoms with Gasteiger partial charge in [-0.25, -0.2) is 4.98 Å². The number of hydrogen-bond donors (Lipinski definition) is 1. The van der Waals surface area contributed by atoms with E-state index in [1.54, 1.807) is 13.3 Å². The molecule has 0 unspecified atom stereocenters. The van der Waals surface area contributed by atoms with Gasteiger partial charge in [0.2, 0.25) is 0 Å². The van der Waals surface area contributed by atoms with Crippen molar-refractivity contribution in [3.8, 4) is 11.5 Å². The van der Waals surface area contributed by atoms with Gasteiger partial charge in [-0.15, -0.1) is 0 Å². The van der Waals surface area contributed by atoms with Crippen LogP contribution in [0.2, 0.25) is 0 Å². The van der Waals surface area contributed by atoms with E-state index in [1.807, 2.05) is 43.1 Å². The number of hydrogen-bond acceptors (Lipinski definition) is 4. The van der Waals surface area contributed by atoms with E-state index in [0.717, 1.165) is 29.4 Å². The van der Waals surface area contributed by atoms with E-state index in [9.17, 15) is 0 Å². The Morgan fingerprint density at radius 3 is 2.84 bits per heavy atom. The van der Waals surface area contributed by atoms with Crippen molar-refractivity contribution in [3.05, 3.63) is 42.0 Å². The van der Waals surface area contributed by atoms with Crippen molar-refractivity contribution in [2.45, 2.75) is 13.2 Å². The van der Waals surface area contributed by atoms with Gasteiger partial charge in [0.15, 0.2) is 0 Å². The van der Waals surface area contributed by atoms with Gasteiger partial charge in [0.25, 0.3) is 0 Å². The number of aromatic nitrogens is 2. The summed E-state index contributed by atoms with van der Waals surface area (Å²) in [7, 11) is 5.52.